The number of allylic oxidation sites excluding steroid dienone is 10. The minimum absolute atomic E-state index is 0.0914. The van der Waals surface area contributed by atoms with Crippen LogP contribution in [0.2, 0.25) is 0 Å². The van der Waals surface area contributed by atoms with Crippen molar-refractivity contribution in [3.05, 3.63) is 72.9 Å². The molecule has 0 amide bonds. The number of hydrogen-bond donors (Lipinski definition) is 5. The van der Waals surface area contributed by atoms with Crippen molar-refractivity contribution in [2.45, 2.75) is 167 Å². The molecule has 0 bridgehead atoms. The molecule has 54 heavy (non-hydrogen) atoms. The van der Waals surface area contributed by atoms with Crippen molar-refractivity contribution in [3.8, 4) is 0 Å². The summed E-state index contributed by atoms with van der Waals surface area (Å²) < 4.78 is 26.1. The molecule has 310 valence electrons. The zero-order valence-electron chi connectivity index (χ0n) is 32.9. The summed E-state index contributed by atoms with van der Waals surface area (Å²) in [5, 5.41) is 30.3. The van der Waals surface area contributed by atoms with E-state index in [-0.39, 0.29) is 25.7 Å². The topological polar surface area (TPSA) is 180 Å². The predicted octanol–water partition coefficient (Wildman–Crippen LogP) is 8.81. The smallest absolute Gasteiger partial charge is 0.462 e. The molecule has 0 aromatic rings. The molecule has 11 nitrogen and oxygen atoms in total. The Hall–Kier alpha value is -2.63. The number of carbonyl (C=O) groups excluding carboxylic acids is 2. The summed E-state index contributed by atoms with van der Waals surface area (Å²) >= 11 is 0. The van der Waals surface area contributed by atoms with Gasteiger partial charge in [-0.3, -0.25) is 14.1 Å². The number of unbranched alkanes of at least 4 members (excludes halogenated alkanes) is 11. The molecule has 0 saturated heterocycles. The SMILES string of the molecule is CCCCC/C=C\C/C=C\CCCCCCCCC(=O)O[C@H](COC(=O)CCC[C@@H](O)[C@H](O)/C=C/C=C/C=C\C=C\[C@H](O)CCCCC)COP(=O)(O)O. The van der Waals surface area contributed by atoms with Gasteiger partial charge in [-0.05, 0) is 57.8 Å². The van der Waals surface area contributed by atoms with Crippen LogP contribution in [0.1, 0.15) is 142 Å². The second-order valence-electron chi connectivity index (χ2n) is 13.5. The van der Waals surface area contributed by atoms with Crippen molar-refractivity contribution in [1.29, 1.82) is 0 Å². The number of carbonyl (C=O) groups is 2. The second kappa shape index (κ2) is 36.0. The molecule has 0 heterocycles. The van der Waals surface area contributed by atoms with Gasteiger partial charge in [0.2, 0.25) is 0 Å². The van der Waals surface area contributed by atoms with Gasteiger partial charge in [-0.25, -0.2) is 4.57 Å². The van der Waals surface area contributed by atoms with Gasteiger partial charge in [-0.1, -0.05) is 145 Å². The van der Waals surface area contributed by atoms with Crippen LogP contribution in [0.15, 0.2) is 72.9 Å². The zero-order chi connectivity index (χ0) is 40.1. The average Bonchev–Trinajstić information content (AvgIpc) is 3.13. The van der Waals surface area contributed by atoms with Crippen LogP contribution in [0.3, 0.4) is 0 Å². The summed E-state index contributed by atoms with van der Waals surface area (Å²) in [6, 6.07) is 0. The molecule has 0 spiro atoms. The standard InChI is InChI=1S/C42H71O11P/c1-3-5-7-8-9-10-11-12-13-14-15-16-17-18-23-27-33-42(47)53-38(36-52-54(48,49)50)35-51-41(46)34-28-32-40(45)39(44)31-26-22-20-19-21-25-30-37(43)29-24-6-4-2/h9-10,12-13,19-22,25-26,30-31,37-40,43-45H,3-8,11,14-18,23-24,27-29,32-36H2,1-2H3,(H2,48,49,50)/b10-9-,13-12-,21-19-,22-20+,30-25+,31-26+/t37-,38-,39-,40-/m1/s1. The lowest BCUT2D eigenvalue weighted by Gasteiger charge is -2.18. The number of aliphatic hydroxyl groups is 3. The van der Waals surface area contributed by atoms with Crippen molar-refractivity contribution in [2.24, 2.45) is 0 Å². The van der Waals surface area contributed by atoms with Crippen molar-refractivity contribution in [3.63, 3.8) is 0 Å². The fourth-order valence-electron chi connectivity index (χ4n) is 5.14. The van der Waals surface area contributed by atoms with Crippen LogP contribution in [0.4, 0.5) is 0 Å². The Labute approximate surface area is 325 Å². The van der Waals surface area contributed by atoms with Gasteiger partial charge in [-0.15, -0.1) is 0 Å². The number of hydrogen-bond acceptors (Lipinski definition) is 9. The summed E-state index contributed by atoms with van der Waals surface area (Å²) in [4.78, 5) is 42.8. The van der Waals surface area contributed by atoms with Gasteiger partial charge in [0.25, 0.3) is 0 Å². The number of aliphatic hydroxyl groups excluding tert-OH is 3. The van der Waals surface area contributed by atoms with E-state index in [1.54, 1.807) is 42.5 Å². The lowest BCUT2D eigenvalue weighted by Crippen LogP contribution is -2.29. The monoisotopic (exact) mass is 782 g/mol. The van der Waals surface area contributed by atoms with Gasteiger partial charge >= 0.3 is 19.8 Å². The van der Waals surface area contributed by atoms with Crippen LogP contribution in [0.5, 0.6) is 0 Å². The summed E-state index contributed by atoms with van der Waals surface area (Å²) in [6.07, 6.45) is 35.6. The van der Waals surface area contributed by atoms with E-state index in [0.29, 0.717) is 6.42 Å². The van der Waals surface area contributed by atoms with Crippen LogP contribution in [-0.4, -0.2) is 74.7 Å². The molecular weight excluding hydrogens is 711 g/mol. The van der Waals surface area contributed by atoms with Gasteiger partial charge in [0.15, 0.2) is 6.10 Å². The highest BCUT2D eigenvalue weighted by Crippen LogP contribution is 2.36. The lowest BCUT2D eigenvalue weighted by atomic mass is 10.1. The van der Waals surface area contributed by atoms with Gasteiger partial charge in [-0.2, -0.15) is 0 Å². The third-order valence-corrected chi connectivity index (χ3v) is 8.80. The van der Waals surface area contributed by atoms with Crippen LogP contribution in [-0.2, 0) is 28.2 Å². The maximum absolute atomic E-state index is 12.4. The van der Waals surface area contributed by atoms with Gasteiger partial charge in [0.1, 0.15) is 6.61 Å². The lowest BCUT2D eigenvalue weighted by molar-refractivity contribution is -0.161. The van der Waals surface area contributed by atoms with Crippen molar-refractivity contribution in [2.75, 3.05) is 13.2 Å². The first-order chi connectivity index (χ1) is 26.0. The fourth-order valence-corrected chi connectivity index (χ4v) is 5.50. The summed E-state index contributed by atoms with van der Waals surface area (Å²) in [6.45, 7) is 3.24. The third kappa shape index (κ3) is 36.4. The van der Waals surface area contributed by atoms with E-state index >= 15 is 0 Å². The number of rotatable bonds is 35. The first-order valence-electron chi connectivity index (χ1n) is 20.1. The zero-order valence-corrected chi connectivity index (χ0v) is 33.8. The Kier molecular flexibility index (Phi) is 34.3. The summed E-state index contributed by atoms with van der Waals surface area (Å²) in [5.74, 6) is -1.23. The highest BCUT2D eigenvalue weighted by atomic mass is 31.2. The summed E-state index contributed by atoms with van der Waals surface area (Å²) in [5.41, 5.74) is 0. The fraction of sp³-hybridized carbons (Fsp3) is 0.667. The highest BCUT2D eigenvalue weighted by molar-refractivity contribution is 7.46. The molecule has 0 aliphatic heterocycles. The van der Waals surface area contributed by atoms with Gasteiger partial charge in [0.05, 0.1) is 24.9 Å². The van der Waals surface area contributed by atoms with E-state index < -0.39 is 57.4 Å². The van der Waals surface area contributed by atoms with Crippen LogP contribution in [0, 0.1) is 0 Å². The van der Waals surface area contributed by atoms with E-state index in [1.165, 1.54) is 25.3 Å². The first-order valence-corrected chi connectivity index (χ1v) is 21.6. The molecule has 0 rings (SSSR count). The van der Waals surface area contributed by atoms with E-state index in [0.717, 1.165) is 77.0 Å². The Morgan fingerprint density at radius 3 is 1.81 bits per heavy atom. The van der Waals surface area contributed by atoms with Gasteiger partial charge < -0.3 is 34.6 Å². The van der Waals surface area contributed by atoms with Crippen LogP contribution < -0.4 is 0 Å². The van der Waals surface area contributed by atoms with Crippen LogP contribution in [0.25, 0.3) is 0 Å². The van der Waals surface area contributed by atoms with E-state index in [2.05, 4.69) is 42.7 Å². The van der Waals surface area contributed by atoms with E-state index in [4.69, 9.17) is 19.3 Å². The molecule has 0 radical (unpaired) electrons. The quantitative estimate of drug-likeness (QED) is 0.0136. The highest BCUT2D eigenvalue weighted by Gasteiger charge is 2.23. The average molecular weight is 783 g/mol. The van der Waals surface area contributed by atoms with Crippen molar-refractivity contribution >= 4 is 19.8 Å². The molecule has 4 atom stereocenters. The molecular formula is C42H71O11P. The molecule has 0 aromatic carbocycles. The molecule has 0 aromatic heterocycles. The van der Waals surface area contributed by atoms with E-state index in [1.807, 2.05) is 0 Å². The molecule has 0 aliphatic rings. The number of phosphoric ester groups is 1. The van der Waals surface area contributed by atoms with Crippen molar-refractivity contribution < 1.29 is 53.3 Å². The Morgan fingerprint density at radius 1 is 0.611 bits per heavy atom. The minimum Gasteiger partial charge on any atom is -0.462 e. The molecule has 5 N–H and O–H groups in total. The van der Waals surface area contributed by atoms with Crippen LogP contribution >= 0.6 is 7.82 Å². The molecule has 12 heteroatoms. The number of phosphoric acid groups is 1. The minimum atomic E-state index is -4.84. The number of esters is 2. The van der Waals surface area contributed by atoms with Crippen molar-refractivity contribution in [1.82, 2.24) is 0 Å². The molecule has 0 saturated carbocycles. The molecule has 0 unspecified atom stereocenters. The second-order valence-corrected chi connectivity index (χ2v) is 14.7. The Balaban J connectivity index is 4.32. The van der Waals surface area contributed by atoms with Gasteiger partial charge in [0, 0.05) is 12.8 Å². The number of ether oxygens (including phenoxy) is 2. The first kappa shape index (κ1) is 51.4. The Morgan fingerprint density at radius 2 is 1.17 bits per heavy atom. The largest absolute Gasteiger partial charge is 0.469 e. The predicted molar refractivity (Wildman–Crippen MR) is 215 cm³/mol. The molecule has 0 aliphatic carbocycles. The summed E-state index contributed by atoms with van der Waals surface area (Å²) in [7, 11) is -4.84. The third-order valence-electron chi connectivity index (χ3n) is 8.31. The Bertz CT molecular complexity index is 1150. The maximum Gasteiger partial charge on any atom is 0.469 e. The normalized spacial score (nSPS) is 15.0. The van der Waals surface area contributed by atoms with E-state index in [9.17, 15) is 29.5 Å². The molecule has 0 fully saturated rings. The maximum atomic E-state index is 12.4.